The molecule has 0 radical (unpaired) electrons. The molecule has 1 fully saturated rings. The average molecular weight is 261 g/mol. The van der Waals surface area contributed by atoms with Gasteiger partial charge >= 0.3 is 0 Å². The number of piperazine rings is 1. The summed E-state index contributed by atoms with van der Waals surface area (Å²) in [7, 11) is 1.97. The number of benzene rings is 1. The van der Waals surface area contributed by atoms with Crippen molar-refractivity contribution < 1.29 is 4.79 Å². The van der Waals surface area contributed by atoms with Crippen molar-refractivity contribution in [1.29, 1.82) is 0 Å². The highest BCUT2D eigenvalue weighted by Crippen LogP contribution is 2.14. The van der Waals surface area contributed by atoms with Gasteiger partial charge in [0.25, 0.3) is 0 Å². The van der Waals surface area contributed by atoms with Crippen molar-refractivity contribution in [2.75, 3.05) is 44.7 Å². The zero-order valence-electron chi connectivity index (χ0n) is 11.9. The molecular formula is C15H23N3O. The molecule has 4 nitrogen and oxygen atoms in total. The first-order valence-electron chi connectivity index (χ1n) is 6.99. The van der Waals surface area contributed by atoms with E-state index in [4.69, 9.17) is 0 Å². The Labute approximate surface area is 115 Å². The van der Waals surface area contributed by atoms with Gasteiger partial charge in [-0.15, -0.1) is 0 Å². The van der Waals surface area contributed by atoms with Crippen LogP contribution in [0.15, 0.2) is 24.3 Å². The molecule has 1 aromatic rings. The van der Waals surface area contributed by atoms with Gasteiger partial charge in [-0.25, -0.2) is 0 Å². The summed E-state index contributed by atoms with van der Waals surface area (Å²) in [6, 6.07) is 8.43. The Morgan fingerprint density at radius 1 is 1.26 bits per heavy atom. The van der Waals surface area contributed by atoms with E-state index in [0.717, 1.165) is 38.3 Å². The molecule has 0 atom stereocenters. The number of anilines is 1. The number of likely N-dealkylation sites (N-methyl/N-ethyl adjacent to an activating group) is 1. The maximum atomic E-state index is 12.2. The first kappa shape index (κ1) is 13.9. The molecule has 0 unspecified atom stereocenters. The first-order valence-corrected chi connectivity index (χ1v) is 6.99. The summed E-state index contributed by atoms with van der Waals surface area (Å²) in [5.41, 5.74) is 2.42. The zero-order chi connectivity index (χ0) is 13.7. The van der Waals surface area contributed by atoms with Crippen LogP contribution in [0, 0.1) is 0 Å². The van der Waals surface area contributed by atoms with Gasteiger partial charge in [-0.3, -0.25) is 4.79 Å². The van der Waals surface area contributed by atoms with Crippen LogP contribution >= 0.6 is 0 Å². The Kier molecular flexibility index (Phi) is 4.80. The second-order valence-corrected chi connectivity index (χ2v) is 5.01. The summed E-state index contributed by atoms with van der Waals surface area (Å²) in [6.07, 6.45) is 1.05. The third-order valence-corrected chi connectivity index (χ3v) is 3.63. The van der Waals surface area contributed by atoms with Crippen LogP contribution in [0.5, 0.6) is 0 Å². The van der Waals surface area contributed by atoms with E-state index in [0.29, 0.717) is 6.54 Å². The van der Waals surface area contributed by atoms with Gasteiger partial charge in [0.05, 0.1) is 6.54 Å². The van der Waals surface area contributed by atoms with Crippen molar-refractivity contribution in [1.82, 2.24) is 10.2 Å². The lowest BCUT2D eigenvalue weighted by Crippen LogP contribution is -2.49. The van der Waals surface area contributed by atoms with Crippen LogP contribution in [0.3, 0.4) is 0 Å². The van der Waals surface area contributed by atoms with Gasteiger partial charge in [0.2, 0.25) is 5.91 Å². The van der Waals surface area contributed by atoms with E-state index in [2.05, 4.69) is 36.5 Å². The van der Waals surface area contributed by atoms with Crippen molar-refractivity contribution in [3.05, 3.63) is 29.8 Å². The van der Waals surface area contributed by atoms with Gasteiger partial charge < -0.3 is 15.1 Å². The van der Waals surface area contributed by atoms with Gasteiger partial charge in [0.15, 0.2) is 0 Å². The number of hydrogen-bond acceptors (Lipinski definition) is 3. The normalized spacial score (nSPS) is 15.4. The van der Waals surface area contributed by atoms with Crippen LogP contribution in [-0.4, -0.2) is 50.6 Å². The number of carbonyl (C=O) groups is 1. The molecule has 1 aromatic carbocycles. The van der Waals surface area contributed by atoms with Crippen molar-refractivity contribution in [2.45, 2.75) is 13.3 Å². The monoisotopic (exact) mass is 261 g/mol. The Morgan fingerprint density at radius 2 is 1.89 bits per heavy atom. The molecule has 0 aliphatic carbocycles. The Balaban J connectivity index is 1.91. The molecule has 0 bridgehead atoms. The minimum absolute atomic E-state index is 0.212. The number of carbonyl (C=O) groups excluding carboxylic acids is 1. The third kappa shape index (κ3) is 3.70. The molecule has 1 amide bonds. The van der Waals surface area contributed by atoms with E-state index in [1.165, 1.54) is 5.56 Å². The quantitative estimate of drug-likeness (QED) is 0.882. The molecule has 1 aliphatic heterocycles. The van der Waals surface area contributed by atoms with E-state index in [9.17, 15) is 4.79 Å². The fourth-order valence-corrected chi connectivity index (χ4v) is 2.29. The number of nitrogens with one attached hydrogen (secondary N) is 1. The van der Waals surface area contributed by atoms with Crippen molar-refractivity contribution in [3.63, 3.8) is 0 Å². The molecule has 1 N–H and O–H groups in total. The Hall–Kier alpha value is -1.55. The standard InChI is InChI=1S/C15H23N3O/c1-3-13-4-6-14(7-5-13)17(2)12-15(19)18-10-8-16-9-11-18/h4-7,16H,3,8-12H2,1-2H3. The van der Waals surface area contributed by atoms with Crippen LogP contribution in [0.1, 0.15) is 12.5 Å². The van der Waals surface area contributed by atoms with Gasteiger partial charge in [-0.05, 0) is 24.1 Å². The lowest BCUT2D eigenvalue weighted by atomic mass is 10.1. The van der Waals surface area contributed by atoms with Gasteiger partial charge in [0, 0.05) is 38.9 Å². The van der Waals surface area contributed by atoms with Crippen molar-refractivity contribution in [2.24, 2.45) is 0 Å². The number of aryl methyl sites for hydroxylation is 1. The van der Waals surface area contributed by atoms with Crippen LogP contribution < -0.4 is 10.2 Å². The molecule has 4 heteroatoms. The SMILES string of the molecule is CCc1ccc(N(C)CC(=O)N2CCNCC2)cc1. The molecule has 0 aromatic heterocycles. The smallest absolute Gasteiger partial charge is 0.242 e. The molecule has 19 heavy (non-hydrogen) atoms. The number of rotatable bonds is 4. The molecule has 0 spiro atoms. The molecule has 1 heterocycles. The number of nitrogens with zero attached hydrogens (tertiary/aromatic N) is 2. The Bertz CT molecular complexity index is 410. The first-order chi connectivity index (χ1) is 9.20. The van der Waals surface area contributed by atoms with Gasteiger partial charge in [-0.1, -0.05) is 19.1 Å². The lowest BCUT2D eigenvalue weighted by Gasteiger charge is -2.29. The van der Waals surface area contributed by atoms with Crippen LogP contribution in [0.4, 0.5) is 5.69 Å². The van der Waals surface area contributed by atoms with Crippen LogP contribution in [0.25, 0.3) is 0 Å². The number of hydrogen-bond donors (Lipinski definition) is 1. The predicted octanol–water partition coefficient (Wildman–Crippen LogP) is 1.12. The lowest BCUT2D eigenvalue weighted by molar-refractivity contribution is -0.130. The van der Waals surface area contributed by atoms with Crippen molar-refractivity contribution >= 4 is 11.6 Å². The molecule has 0 saturated carbocycles. The van der Waals surface area contributed by atoms with Gasteiger partial charge in [-0.2, -0.15) is 0 Å². The van der Waals surface area contributed by atoms with Gasteiger partial charge in [0.1, 0.15) is 0 Å². The topological polar surface area (TPSA) is 35.6 Å². The summed E-state index contributed by atoms with van der Waals surface area (Å²) >= 11 is 0. The third-order valence-electron chi connectivity index (χ3n) is 3.63. The average Bonchev–Trinajstić information content (AvgIpc) is 2.48. The summed E-state index contributed by atoms with van der Waals surface area (Å²) < 4.78 is 0. The highest BCUT2D eigenvalue weighted by atomic mass is 16.2. The summed E-state index contributed by atoms with van der Waals surface area (Å²) in [5, 5.41) is 3.26. The molecule has 1 saturated heterocycles. The second-order valence-electron chi connectivity index (χ2n) is 5.01. The predicted molar refractivity (Wildman–Crippen MR) is 78.5 cm³/mol. The van der Waals surface area contributed by atoms with E-state index in [-0.39, 0.29) is 5.91 Å². The molecule has 2 rings (SSSR count). The van der Waals surface area contributed by atoms with E-state index in [1.54, 1.807) is 0 Å². The molecule has 1 aliphatic rings. The second kappa shape index (κ2) is 6.57. The summed E-state index contributed by atoms with van der Waals surface area (Å²) in [4.78, 5) is 16.1. The minimum atomic E-state index is 0.212. The van der Waals surface area contributed by atoms with E-state index in [1.807, 2.05) is 16.8 Å². The zero-order valence-corrected chi connectivity index (χ0v) is 11.9. The van der Waals surface area contributed by atoms with Crippen molar-refractivity contribution in [3.8, 4) is 0 Å². The molecular weight excluding hydrogens is 238 g/mol. The highest BCUT2D eigenvalue weighted by molar-refractivity contribution is 5.81. The van der Waals surface area contributed by atoms with E-state index >= 15 is 0 Å². The number of amides is 1. The van der Waals surface area contributed by atoms with Crippen LogP contribution in [-0.2, 0) is 11.2 Å². The summed E-state index contributed by atoms with van der Waals surface area (Å²) in [6.45, 7) is 6.04. The largest absolute Gasteiger partial charge is 0.365 e. The highest BCUT2D eigenvalue weighted by Gasteiger charge is 2.17. The maximum absolute atomic E-state index is 12.2. The maximum Gasteiger partial charge on any atom is 0.242 e. The van der Waals surface area contributed by atoms with Crippen LogP contribution in [0.2, 0.25) is 0 Å². The Morgan fingerprint density at radius 3 is 2.47 bits per heavy atom. The van der Waals surface area contributed by atoms with E-state index < -0.39 is 0 Å². The fourth-order valence-electron chi connectivity index (χ4n) is 2.29. The fraction of sp³-hybridized carbons (Fsp3) is 0.533. The molecule has 104 valence electrons. The minimum Gasteiger partial charge on any atom is -0.365 e. The summed E-state index contributed by atoms with van der Waals surface area (Å²) in [5.74, 6) is 0.212.